The number of fused-ring (bicyclic) bond motifs is 2. The molecule has 0 spiro atoms. The van der Waals surface area contributed by atoms with Gasteiger partial charge >= 0.3 is 5.63 Å². The topological polar surface area (TPSA) is 79.6 Å². The van der Waals surface area contributed by atoms with Crippen LogP contribution in [-0.2, 0) is 11.2 Å². The molecule has 2 amide bonds. The van der Waals surface area contributed by atoms with E-state index in [-0.39, 0.29) is 11.5 Å². The molecule has 1 aromatic heterocycles. The van der Waals surface area contributed by atoms with Gasteiger partial charge in [-0.3, -0.25) is 9.59 Å². The summed E-state index contributed by atoms with van der Waals surface area (Å²) >= 11 is 0. The third kappa shape index (κ3) is 3.29. The number of nitrogens with zero attached hydrogens (tertiary/aromatic N) is 1. The molecule has 0 aliphatic carbocycles. The van der Waals surface area contributed by atoms with Gasteiger partial charge in [-0.25, -0.2) is 4.79 Å². The number of anilines is 2. The highest BCUT2D eigenvalue weighted by molar-refractivity contribution is 6.06. The van der Waals surface area contributed by atoms with E-state index in [2.05, 4.69) is 5.32 Å². The van der Waals surface area contributed by atoms with E-state index in [0.717, 1.165) is 17.7 Å². The van der Waals surface area contributed by atoms with Gasteiger partial charge in [0.25, 0.3) is 5.91 Å². The van der Waals surface area contributed by atoms with Gasteiger partial charge in [0.05, 0.1) is 0 Å². The summed E-state index contributed by atoms with van der Waals surface area (Å²) in [5.74, 6) is -0.392. The molecule has 4 rings (SSSR count). The first kappa shape index (κ1) is 18.0. The first-order valence-electron chi connectivity index (χ1n) is 9.34. The average molecular weight is 376 g/mol. The van der Waals surface area contributed by atoms with Crippen molar-refractivity contribution in [1.29, 1.82) is 0 Å². The van der Waals surface area contributed by atoms with Gasteiger partial charge in [0.15, 0.2) is 0 Å². The Kier molecular flexibility index (Phi) is 4.69. The van der Waals surface area contributed by atoms with Crippen molar-refractivity contribution >= 4 is 34.2 Å². The average Bonchev–Trinajstić information content (AvgIpc) is 2.69. The van der Waals surface area contributed by atoms with Gasteiger partial charge in [-0.1, -0.05) is 25.1 Å². The van der Waals surface area contributed by atoms with E-state index in [4.69, 9.17) is 4.42 Å². The molecule has 28 heavy (non-hydrogen) atoms. The molecule has 0 saturated carbocycles. The number of para-hydroxylation sites is 1. The van der Waals surface area contributed by atoms with Crippen molar-refractivity contribution in [1.82, 2.24) is 0 Å². The smallest absolute Gasteiger partial charge is 0.349 e. The van der Waals surface area contributed by atoms with Crippen LogP contribution in [0.25, 0.3) is 11.0 Å². The Hall–Kier alpha value is -3.41. The standard InChI is InChI=1S/C22H20N2O4/c1-2-11-24-18-9-8-16(12-14(18)7-10-20(24)25)23-21(26)17-13-15-5-3-4-6-19(15)28-22(17)27/h3-6,8-9,12-13H,2,7,10-11H2,1H3,(H,23,26). The molecule has 0 unspecified atom stereocenters. The first-order chi connectivity index (χ1) is 13.6. The Morgan fingerprint density at radius 1 is 1.11 bits per heavy atom. The van der Waals surface area contributed by atoms with Crippen molar-refractivity contribution < 1.29 is 14.0 Å². The summed E-state index contributed by atoms with van der Waals surface area (Å²) in [6.45, 7) is 2.71. The van der Waals surface area contributed by atoms with Crippen LogP contribution in [-0.4, -0.2) is 18.4 Å². The van der Waals surface area contributed by atoms with E-state index < -0.39 is 11.5 Å². The summed E-state index contributed by atoms with van der Waals surface area (Å²) in [5, 5.41) is 3.46. The van der Waals surface area contributed by atoms with E-state index in [9.17, 15) is 14.4 Å². The Labute approximate surface area is 161 Å². The molecule has 142 valence electrons. The molecular formula is C22H20N2O4. The summed E-state index contributed by atoms with van der Waals surface area (Å²) < 4.78 is 5.23. The number of aryl methyl sites for hydroxylation is 1. The van der Waals surface area contributed by atoms with Gasteiger partial charge < -0.3 is 14.6 Å². The molecule has 1 N–H and O–H groups in total. The van der Waals surface area contributed by atoms with Crippen molar-refractivity contribution in [2.45, 2.75) is 26.2 Å². The van der Waals surface area contributed by atoms with Crippen LogP contribution >= 0.6 is 0 Å². The second-order valence-corrected chi connectivity index (χ2v) is 6.83. The third-order valence-corrected chi connectivity index (χ3v) is 4.87. The third-order valence-electron chi connectivity index (χ3n) is 4.87. The van der Waals surface area contributed by atoms with Crippen LogP contribution in [0.4, 0.5) is 11.4 Å². The molecule has 0 bridgehead atoms. The van der Waals surface area contributed by atoms with Gasteiger partial charge in [-0.2, -0.15) is 0 Å². The number of rotatable bonds is 4. The largest absolute Gasteiger partial charge is 0.422 e. The van der Waals surface area contributed by atoms with Crippen LogP contribution in [0, 0.1) is 0 Å². The van der Waals surface area contributed by atoms with Crippen molar-refractivity contribution in [3.8, 4) is 0 Å². The van der Waals surface area contributed by atoms with Crippen molar-refractivity contribution in [2.24, 2.45) is 0 Å². The highest BCUT2D eigenvalue weighted by atomic mass is 16.4. The maximum Gasteiger partial charge on any atom is 0.349 e. The van der Waals surface area contributed by atoms with Gasteiger partial charge in [0.1, 0.15) is 11.1 Å². The van der Waals surface area contributed by atoms with Gasteiger partial charge in [-0.15, -0.1) is 0 Å². The van der Waals surface area contributed by atoms with Crippen LogP contribution in [0.1, 0.15) is 35.7 Å². The zero-order valence-corrected chi connectivity index (χ0v) is 15.5. The minimum Gasteiger partial charge on any atom is -0.422 e. The molecule has 0 fully saturated rings. The molecule has 2 aromatic carbocycles. The Balaban J connectivity index is 1.61. The fourth-order valence-electron chi connectivity index (χ4n) is 3.53. The molecule has 1 aliphatic rings. The van der Waals surface area contributed by atoms with E-state index in [1.807, 2.05) is 25.1 Å². The van der Waals surface area contributed by atoms with Crippen molar-refractivity contribution in [2.75, 3.05) is 16.8 Å². The normalized spacial score (nSPS) is 13.5. The number of carbonyl (C=O) groups is 2. The van der Waals surface area contributed by atoms with Crippen LogP contribution in [0.5, 0.6) is 0 Å². The van der Waals surface area contributed by atoms with E-state index in [0.29, 0.717) is 36.0 Å². The first-order valence-corrected chi connectivity index (χ1v) is 9.34. The van der Waals surface area contributed by atoms with Crippen LogP contribution in [0.3, 0.4) is 0 Å². The Bertz CT molecular complexity index is 1130. The minimum absolute atomic E-state index is 0.0424. The molecule has 3 aromatic rings. The van der Waals surface area contributed by atoms with E-state index >= 15 is 0 Å². The van der Waals surface area contributed by atoms with Crippen LogP contribution < -0.4 is 15.8 Å². The summed E-state index contributed by atoms with van der Waals surface area (Å²) in [7, 11) is 0. The monoisotopic (exact) mass is 376 g/mol. The summed E-state index contributed by atoms with van der Waals surface area (Å²) in [4.78, 5) is 38.8. The molecule has 0 radical (unpaired) electrons. The van der Waals surface area contributed by atoms with Gasteiger partial charge in [0, 0.05) is 29.7 Å². The fourth-order valence-corrected chi connectivity index (χ4v) is 3.53. The van der Waals surface area contributed by atoms with Crippen molar-refractivity contribution in [3.05, 3.63) is 70.1 Å². The zero-order chi connectivity index (χ0) is 19.7. The highest BCUT2D eigenvalue weighted by Crippen LogP contribution is 2.30. The van der Waals surface area contributed by atoms with E-state index in [1.165, 1.54) is 6.07 Å². The van der Waals surface area contributed by atoms with E-state index in [1.54, 1.807) is 29.2 Å². The number of carbonyl (C=O) groups excluding carboxylic acids is 2. The van der Waals surface area contributed by atoms with Gasteiger partial charge in [0.2, 0.25) is 5.91 Å². The lowest BCUT2D eigenvalue weighted by molar-refractivity contribution is -0.118. The lowest BCUT2D eigenvalue weighted by atomic mass is 10.00. The van der Waals surface area contributed by atoms with Crippen LogP contribution in [0.15, 0.2) is 57.7 Å². The number of nitrogens with one attached hydrogen (secondary N) is 1. The molecule has 6 nitrogen and oxygen atoms in total. The van der Waals surface area contributed by atoms with Gasteiger partial charge in [-0.05, 0) is 48.7 Å². The molecular weight excluding hydrogens is 356 g/mol. The SMILES string of the molecule is CCCN1C(=O)CCc2cc(NC(=O)c3cc4ccccc4oc3=O)ccc21. The summed E-state index contributed by atoms with van der Waals surface area (Å²) in [6.07, 6.45) is 1.97. The highest BCUT2D eigenvalue weighted by Gasteiger charge is 2.24. The molecule has 1 aliphatic heterocycles. The predicted molar refractivity (Wildman–Crippen MR) is 108 cm³/mol. The minimum atomic E-state index is -0.672. The van der Waals surface area contributed by atoms with Crippen molar-refractivity contribution in [3.63, 3.8) is 0 Å². The summed E-state index contributed by atoms with van der Waals surface area (Å²) in [6, 6.07) is 14.1. The number of hydrogen-bond acceptors (Lipinski definition) is 4. The van der Waals surface area contributed by atoms with Crippen LogP contribution in [0.2, 0.25) is 0 Å². The second-order valence-electron chi connectivity index (χ2n) is 6.83. The fraction of sp³-hybridized carbons (Fsp3) is 0.227. The molecule has 0 atom stereocenters. The lowest BCUT2D eigenvalue weighted by Crippen LogP contribution is -2.35. The second kappa shape index (κ2) is 7.31. The Morgan fingerprint density at radius 2 is 1.93 bits per heavy atom. The molecule has 6 heteroatoms. The predicted octanol–water partition coefficient (Wildman–Crippen LogP) is 3.73. The molecule has 0 saturated heterocycles. The zero-order valence-electron chi connectivity index (χ0n) is 15.5. The lowest BCUT2D eigenvalue weighted by Gasteiger charge is -2.29. The number of hydrogen-bond donors (Lipinski definition) is 1. The molecule has 2 heterocycles. The summed E-state index contributed by atoms with van der Waals surface area (Å²) in [5.41, 5.74) is 2.21. The maximum absolute atomic E-state index is 12.6. The number of amides is 2. The Morgan fingerprint density at radius 3 is 2.75 bits per heavy atom. The maximum atomic E-state index is 12.6. The quantitative estimate of drug-likeness (QED) is 0.704. The number of benzene rings is 2.